The number of rotatable bonds is 3. The van der Waals surface area contributed by atoms with Gasteiger partial charge in [0.25, 0.3) is 0 Å². The molecule has 0 spiro atoms. The number of hydrogen-bond donors (Lipinski definition) is 0. The van der Waals surface area contributed by atoms with Crippen molar-refractivity contribution in [3.8, 4) is 10.4 Å². The van der Waals surface area contributed by atoms with Crippen molar-refractivity contribution in [3.63, 3.8) is 0 Å². The van der Waals surface area contributed by atoms with Crippen LogP contribution in [-0.2, 0) is 4.79 Å². The van der Waals surface area contributed by atoms with Crippen LogP contribution in [0.15, 0.2) is 46.4 Å². The van der Waals surface area contributed by atoms with Crippen molar-refractivity contribution in [2.75, 3.05) is 0 Å². The summed E-state index contributed by atoms with van der Waals surface area (Å²) in [6.45, 7) is 1.81. The minimum atomic E-state index is 0.743. The van der Waals surface area contributed by atoms with Crippen molar-refractivity contribution in [3.05, 3.63) is 51.3 Å². The molecule has 0 fully saturated rings. The van der Waals surface area contributed by atoms with Gasteiger partial charge in [-0.1, -0.05) is 28.1 Å². The van der Waals surface area contributed by atoms with Gasteiger partial charge in [0.15, 0.2) is 0 Å². The molecule has 0 radical (unpaired) electrons. The van der Waals surface area contributed by atoms with Crippen molar-refractivity contribution >= 4 is 39.6 Å². The fraction of sp³-hybridized carbons (Fsp3) is 0.0714. The lowest BCUT2D eigenvalue weighted by Crippen LogP contribution is -1.73. The van der Waals surface area contributed by atoms with Crippen LogP contribution >= 0.6 is 27.3 Å². The van der Waals surface area contributed by atoms with Gasteiger partial charge in [-0.25, -0.2) is 0 Å². The molecular formula is C14H11BrOS. The molecule has 0 aliphatic carbocycles. The lowest BCUT2D eigenvalue weighted by atomic mass is 10.2. The van der Waals surface area contributed by atoms with Gasteiger partial charge in [-0.05, 0) is 48.4 Å². The maximum Gasteiger partial charge on any atom is 0.145 e. The molecule has 0 bridgehead atoms. The highest BCUT2D eigenvalue weighted by molar-refractivity contribution is 9.10. The molecule has 0 unspecified atom stereocenters. The molecule has 0 atom stereocenters. The molecule has 1 aromatic heterocycles. The highest BCUT2D eigenvalue weighted by Crippen LogP contribution is 2.30. The molecule has 2 aromatic rings. The van der Waals surface area contributed by atoms with Crippen LogP contribution in [0.25, 0.3) is 16.5 Å². The van der Waals surface area contributed by atoms with E-state index in [1.807, 2.05) is 31.2 Å². The molecule has 1 heterocycles. The highest BCUT2D eigenvalue weighted by Gasteiger charge is 2.02. The topological polar surface area (TPSA) is 17.1 Å². The van der Waals surface area contributed by atoms with Crippen LogP contribution in [0, 0.1) is 0 Å². The summed E-state index contributed by atoms with van der Waals surface area (Å²) in [7, 11) is 0. The third-order valence-corrected chi connectivity index (χ3v) is 3.87. The summed E-state index contributed by atoms with van der Waals surface area (Å²) in [6.07, 6.45) is 2.78. The summed E-state index contributed by atoms with van der Waals surface area (Å²) in [5.41, 5.74) is 1.93. The number of carbonyl (C=O) groups is 1. The number of thiophene rings is 1. The molecule has 86 valence electrons. The first kappa shape index (κ1) is 12.3. The standard InChI is InChI=1S/C14H11BrOS/c1-10(9-16)7-13-5-6-14(17-13)11-3-2-4-12(15)8-11/h2-9H,1H3. The molecule has 2 rings (SSSR count). The highest BCUT2D eigenvalue weighted by atomic mass is 79.9. The number of halogens is 1. The Hall–Kier alpha value is -1.19. The molecule has 0 N–H and O–H groups in total. The first-order valence-electron chi connectivity index (χ1n) is 5.18. The monoisotopic (exact) mass is 306 g/mol. The molecular weight excluding hydrogens is 296 g/mol. The van der Waals surface area contributed by atoms with E-state index in [9.17, 15) is 4.79 Å². The van der Waals surface area contributed by atoms with E-state index in [1.165, 1.54) is 10.4 Å². The lowest BCUT2D eigenvalue weighted by molar-refractivity contribution is -0.104. The average Bonchev–Trinajstić information content (AvgIpc) is 2.77. The minimum Gasteiger partial charge on any atom is -0.298 e. The summed E-state index contributed by atoms with van der Waals surface area (Å²) in [6, 6.07) is 12.3. The van der Waals surface area contributed by atoms with Gasteiger partial charge < -0.3 is 0 Å². The predicted octanol–water partition coefficient (Wildman–Crippen LogP) is 4.78. The predicted molar refractivity (Wildman–Crippen MR) is 77.2 cm³/mol. The summed E-state index contributed by atoms with van der Waals surface area (Å²) < 4.78 is 1.07. The van der Waals surface area contributed by atoms with E-state index >= 15 is 0 Å². The second-order valence-corrected chi connectivity index (χ2v) is 5.75. The fourth-order valence-corrected chi connectivity index (χ4v) is 2.90. The Labute approximate surface area is 113 Å². The van der Waals surface area contributed by atoms with E-state index in [4.69, 9.17) is 0 Å². The fourth-order valence-electron chi connectivity index (χ4n) is 1.49. The number of benzene rings is 1. The first-order valence-corrected chi connectivity index (χ1v) is 6.79. The Morgan fingerprint density at radius 3 is 2.82 bits per heavy atom. The lowest BCUT2D eigenvalue weighted by Gasteiger charge is -1.97. The van der Waals surface area contributed by atoms with Gasteiger partial charge >= 0.3 is 0 Å². The molecule has 0 aliphatic rings. The summed E-state index contributed by atoms with van der Waals surface area (Å²) in [4.78, 5) is 12.9. The van der Waals surface area contributed by atoms with Gasteiger partial charge in [0.1, 0.15) is 6.29 Å². The van der Waals surface area contributed by atoms with Crippen molar-refractivity contribution < 1.29 is 4.79 Å². The van der Waals surface area contributed by atoms with Gasteiger partial charge in [-0.3, -0.25) is 4.79 Å². The number of carbonyl (C=O) groups excluding carboxylic acids is 1. The number of hydrogen-bond acceptors (Lipinski definition) is 2. The van der Waals surface area contributed by atoms with E-state index in [0.29, 0.717) is 0 Å². The number of aldehydes is 1. The zero-order valence-corrected chi connectivity index (χ0v) is 11.7. The van der Waals surface area contributed by atoms with Crippen LogP contribution in [0.2, 0.25) is 0 Å². The minimum absolute atomic E-state index is 0.743. The van der Waals surface area contributed by atoms with Gasteiger partial charge in [0, 0.05) is 14.2 Å². The average molecular weight is 307 g/mol. The molecule has 0 saturated heterocycles. The quantitative estimate of drug-likeness (QED) is 0.589. The van der Waals surface area contributed by atoms with Crippen LogP contribution < -0.4 is 0 Å². The van der Waals surface area contributed by atoms with E-state index < -0.39 is 0 Å². The Balaban J connectivity index is 2.33. The van der Waals surface area contributed by atoms with Gasteiger partial charge in [0.05, 0.1) is 0 Å². The molecule has 1 nitrogen and oxygen atoms in total. The van der Waals surface area contributed by atoms with Crippen molar-refractivity contribution in [1.82, 2.24) is 0 Å². The van der Waals surface area contributed by atoms with Crippen LogP contribution in [0.3, 0.4) is 0 Å². The normalized spacial score (nSPS) is 11.5. The first-order chi connectivity index (χ1) is 8.19. The van der Waals surface area contributed by atoms with E-state index in [-0.39, 0.29) is 0 Å². The number of allylic oxidation sites excluding steroid dienone is 1. The van der Waals surface area contributed by atoms with Crippen LogP contribution in [0.1, 0.15) is 11.8 Å². The SMILES string of the molecule is CC(C=O)=Cc1ccc(-c2cccc(Br)c2)s1. The second kappa shape index (κ2) is 5.43. The van der Waals surface area contributed by atoms with Gasteiger partial charge in [-0.2, -0.15) is 0 Å². The largest absolute Gasteiger partial charge is 0.298 e. The maximum atomic E-state index is 10.6. The van der Waals surface area contributed by atoms with Crippen molar-refractivity contribution in [2.24, 2.45) is 0 Å². The molecule has 0 amide bonds. The summed E-state index contributed by atoms with van der Waals surface area (Å²) in [5, 5.41) is 0. The van der Waals surface area contributed by atoms with Crippen molar-refractivity contribution in [1.29, 1.82) is 0 Å². The second-order valence-electron chi connectivity index (χ2n) is 3.72. The molecule has 0 saturated carbocycles. The summed E-state index contributed by atoms with van der Waals surface area (Å²) in [5.74, 6) is 0. The summed E-state index contributed by atoms with van der Waals surface area (Å²) >= 11 is 5.15. The Morgan fingerprint density at radius 1 is 1.29 bits per heavy atom. The van der Waals surface area contributed by atoms with E-state index in [1.54, 1.807) is 11.3 Å². The molecule has 0 aliphatic heterocycles. The maximum absolute atomic E-state index is 10.6. The third-order valence-electron chi connectivity index (χ3n) is 2.29. The smallest absolute Gasteiger partial charge is 0.145 e. The molecule has 1 aromatic carbocycles. The molecule has 3 heteroatoms. The van der Waals surface area contributed by atoms with E-state index in [2.05, 4.69) is 34.1 Å². The zero-order chi connectivity index (χ0) is 12.3. The Morgan fingerprint density at radius 2 is 2.12 bits per heavy atom. The molecule has 17 heavy (non-hydrogen) atoms. The van der Waals surface area contributed by atoms with Crippen molar-refractivity contribution in [2.45, 2.75) is 6.92 Å². The van der Waals surface area contributed by atoms with E-state index in [0.717, 1.165) is 21.2 Å². The van der Waals surface area contributed by atoms with Gasteiger partial charge in [0.2, 0.25) is 0 Å². The van der Waals surface area contributed by atoms with Crippen LogP contribution in [-0.4, -0.2) is 6.29 Å². The van der Waals surface area contributed by atoms with Gasteiger partial charge in [-0.15, -0.1) is 11.3 Å². The Kier molecular flexibility index (Phi) is 3.92. The Bertz CT molecular complexity index is 569. The van der Waals surface area contributed by atoms with Crippen LogP contribution in [0.4, 0.5) is 0 Å². The third kappa shape index (κ3) is 3.14. The van der Waals surface area contributed by atoms with Crippen LogP contribution in [0.5, 0.6) is 0 Å². The zero-order valence-electron chi connectivity index (χ0n) is 9.31.